The van der Waals surface area contributed by atoms with Gasteiger partial charge < -0.3 is 10.0 Å². The topological polar surface area (TPSA) is 40.5 Å². The van der Waals surface area contributed by atoms with Gasteiger partial charge in [-0.1, -0.05) is 0 Å². The first kappa shape index (κ1) is 15.3. The molecule has 1 fully saturated rings. The fourth-order valence-corrected chi connectivity index (χ4v) is 2.96. The van der Waals surface area contributed by atoms with Crippen molar-refractivity contribution in [3.63, 3.8) is 0 Å². The average molecular weight is 307 g/mol. The molecule has 1 aromatic rings. The van der Waals surface area contributed by atoms with E-state index in [0.29, 0.717) is 12.8 Å². The average Bonchev–Trinajstić information content (AvgIpc) is 2.88. The first-order chi connectivity index (χ1) is 9.32. The molecule has 1 aromatic heterocycles. The molecule has 2 heterocycles. The number of rotatable bonds is 3. The summed E-state index contributed by atoms with van der Waals surface area (Å²) < 4.78 is 37.9. The fraction of sp³-hybridized carbons (Fsp3) is 0.615. The minimum Gasteiger partial charge on any atom is -0.380 e. The molecule has 1 saturated heterocycles. The number of alkyl halides is 3. The summed E-state index contributed by atoms with van der Waals surface area (Å²) >= 11 is 1.55. The van der Waals surface area contributed by atoms with Gasteiger partial charge in [0.1, 0.15) is 0 Å². The molecule has 1 aliphatic heterocycles. The van der Waals surface area contributed by atoms with Crippen molar-refractivity contribution in [2.75, 3.05) is 13.1 Å². The van der Waals surface area contributed by atoms with Crippen molar-refractivity contribution in [1.29, 1.82) is 0 Å². The molecule has 1 aliphatic rings. The zero-order valence-corrected chi connectivity index (χ0v) is 11.6. The third-order valence-electron chi connectivity index (χ3n) is 3.68. The molecule has 1 N–H and O–H groups in total. The van der Waals surface area contributed by atoms with Crippen molar-refractivity contribution >= 4 is 17.2 Å². The normalized spacial score (nSPS) is 19.1. The highest BCUT2D eigenvalue weighted by Crippen LogP contribution is 2.38. The summed E-state index contributed by atoms with van der Waals surface area (Å²) in [5.74, 6) is -0.152. The summed E-state index contributed by atoms with van der Waals surface area (Å²) in [6.45, 7) is -0.0863. The second-order valence-electron chi connectivity index (χ2n) is 5.04. The van der Waals surface area contributed by atoms with Crippen LogP contribution in [-0.2, 0) is 11.2 Å². The third-order valence-corrected chi connectivity index (χ3v) is 4.41. The number of carbonyl (C=O) groups is 1. The highest BCUT2D eigenvalue weighted by atomic mass is 32.1. The Kier molecular flexibility index (Phi) is 4.39. The number of piperidine rings is 1. The van der Waals surface area contributed by atoms with Gasteiger partial charge in [0.2, 0.25) is 5.91 Å². The second kappa shape index (κ2) is 5.73. The van der Waals surface area contributed by atoms with Gasteiger partial charge in [-0.3, -0.25) is 4.79 Å². The lowest BCUT2D eigenvalue weighted by atomic mass is 9.90. The molecule has 0 radical (unpaired) electrons. The molecule has 0 atom stereocenters. The van der Waals surface area contributed by atoms with E-state index in [0.717, 1.165) is 5.56 Å². The molecule has 0 saturated carbocycles. The van der Waals surface area contributed by atoms with E-state index in [-0.39, 0.29) is 19.0 Å². The van der Waals surface area contributed by atoms with Crippen LogP contribution in [0, 0.1) is 0 Å². The number of nitrogens with zero attached hydrogens (tertiary/aromatic N) is 1. The van der Waals surface area contributed by atoms with Crippen LogP contribution in [0.25, 0.3) is 0 Å². The van der Waals surface area contributed by atoms with Crippen LogP contribution in [0.1, 0.15) is 24.8 Å². The maximum absolute atomic E-state index is 12.6. The Hall–Kier alpha value is -1.08. The van der Waals surface area contributed by atoms with E-state index in [1.165, 1.54) is 4.90 Å². The van der Waals surface area contributed by atoms with Crippen LogP contribution in [0.4, 0.5) is 13.2 Å². The van der Waals surface area contributed by atoms with E-state index in [2.05, 4.69) is 0 Å². The van der Waals surface area contributed by atoms with E-state index in [9.17, 15) is 23.1 Å². The van der Waals surface area contributed by atoms with Gasteiger partial charge in [0.05, 0.1) is 0 Å². The molecule has 112 valence electrons. The van der Waals surface area contributed by atoms with Crippen LogP contribution < -0.4 is 0 Å². The standard InChI is InChI=1S/C13H16F3NO2S/c14-13(15,16)12(19)4-6-17(7-5-12)11(18)2-1-10-3-8-20-9-10/h3,8-9,19H,1-2,4-7H2. The number of aliphatic hydroxyl groups is 1. The Bertz CT molecular complexity index is 451. The predicted molar refractivity (Wildman–Crippen MR) is 69.5 cm³/mol. The molecule has 2 rings (SSSR count). The Morgan fingerprint density at radius 1 is 1.40 bits per heavy atom. The summed E-state index contributed by atoms with van der Waals surface area (Å²) in [6, 6.07) is 1.93. The zero-order chi connectivity index (χ0) is 14.8. The number of carbonyl (C=O) groups excluding carboxylic acids is 1. The third kappa shape index (κ3) is 3.32. The van der Waals surface area contributed by atoms with Crippen molar-refractivity contribution in [2.24, 2.45) is 0 Å². The molecular formula is C13H16F3NO2S. The largest absolute Gasteiger partial charge is 0.417 e. The van der Waals surface area contributed by atoms with Crippen LogP contribution in [0.5, 0.6) is 0 Å². The SMILES string of the molecule is O=C(CCc1ccsc1)N1CCC(O)(C(F)(F)F)CC1. The summed E-state index contributed by atoms with van der Waals surface area (Å²) in [4.78, 5) is 13.3. The highest BCUT2D eigenvalue weighted by molar-refractivity contribution is 7.07. The number of aryl methyl sites for hydroxylation is 1. The number of thiophene rings is 1. The minimum atomic E-state index is -4.63. The van der Waals surface area contributed by atoms with Gasteiger partial charge in [0, 0.05) is 32.4 Å². The van der Waals surface area contributed by atoms with E-state index in [4.69, 9.17) is 0 Å². The van der Waals surface area contributed by atoms with Gasteiger partial charge in [-0.15, -0.1) is 0 Å². The molecule has 0 aromatic carbocycles. The number of likely N-dealkylation sites (tertiary alicyclic amines) is 1. The number of amides is 1. The quantitative estimate of drug-likeness (QED) is 0.932. The van der Waals surface area contributed by atoms with Crippen LogP contribution in [0.2, 0.25) is 0 Å². The number of halogens is 3. The summed E-state index contributed by atoms with van der Waals surface area (Å²) in [5.41, 5.74) is -1.58. The van der Waals surface area contributed by atoms with Gasteiger partial charge in [-0.2, -0.15) is 24.5 Å². The predicted octanol–water partition coefficient (Wildman–Crippen LogP) is 2.60. The molecular weight excluding hydrogens is 291 g/mol. The molecule has 0 spiro atoms. The lowest BCUT2D eigenvalue weighted by molar-refractivity contribution is -0.272. The van der Waals surface area contributed by atoms with Gasteiger partial charge >= 0.3 is 6.18 Å². The fourth-order valence-electron chi connectivity index (χ4n) is 2.25. The van der Waals surface area contributed by atoms with Gasteiger partial charge in [-0.25, -0.2) is 0 Å². The maximum Gasteiger partial charge on any atom is 0.417 e. The molecule has 3 nitrogen and oxygen atoms in total. The van der Waals surface area contributed by atoms with Crippen molar-refractivity contribution in [3.05, 3.63) is 22.4 Å². The van der Waals surface area contributed by atoms with E-state index >= 15 is 0 Å². The Morgan fingerprint density at radius 3 is 2.55 bits per heavy atom. The summed E-state index contributed by atoms with van der Waals surface area (Å²) in [5, 5.41) is 13.4. The Morgan fingerprint density at radius 2 is 2.05 bits per heavy atom. The summed E-state index contributed by atoms with van der Waals surface area (Å²) in [6.07, 6.45) is -4.62. The molecule has 0 unspecified atom stereocenters. The van der Waals surface area contributed by atoms with E-state index in [1.807, 2.05) is 16.8 Å². The Balaban J connectivity index is 1.83. The molecule has 0 bridgehead atoms. The molecule has 1 amide bonds. The number of hydrogen-bond donors (Lipinski definition) is 1. The van der Waals surface area contributed by atoms with Crippen molar-refractivity contribution in [3.8, 4) is 0 Å². The molecule has 0 aliphatic carbocycles. The Labute approximate surface area is 119 Å². The second-order valence-corrected chi connectivity index (χ2v) is 5.82. The first-order valence-electron chi connectivity index (χ1n) is 6.40. The van der Waals surface area contributed by atoms with E-state index < -0.39 is 24.6 Å². The monoisotopic (exact) mass is 307 g/mol. The maximum atomic E-state index is 12.6. The van der Waals surface area contributed by atoms with Crippen LogP contribution in [-0.4, -0.2) is 40.8 Å². The zero-order valence-electron chi connectivity index (χ0n) is 10.8. The van der Waals surface area contributed by atoms with Gasteiger partial charge in [-0.05, 0) is 28.8 Å². The van der Waals surface area contributed by atoms with Crippen molar-refractivity contribution < 1.29 is 23.1 Å². The van der Waals surface area contributed by atoms with Gasteiger partial charge in [0.25, 0.3) is 0 Å². The van der Waals surface area contributed by atoms with E-state index in [1.54, 1.807) is 11.3 Å². The smallest absolute Gasteiger partial charge is 0.380 e. The molecule has 20 heavy (non-hydrogen) atoms. The lowest BCUT2D eigenvalue weighted by Crippen LogP contribution is -2.54. The van der Waals surface area contributed by atoms with Gasteiger partial charge in [0.15, 0.2) is 5.60 Å². The van der Waals surface area contributed by atoms with Crippen molar-refractivity contribution in [1.82, 2.24) is 4.90 Å². The van der Waals surface area contributed by atoms with Crippen LogP contribution >= 0.6 is 11.3 Å². The molecule has 7 heteroatoms. The first-order valence-corrected chi connectivity index (χ1v) is 7.34. The van der Waals surface area contributed by atoms with Crippen LogP contribution in [0.3, 0.4) is 0 Å². The summed E-state index contributed by atoms with van der Waals surface area (Å²) in [7, 11) is 0. The number of hydrogen-bond acceptors (Lipinski definition) is 3. The van der Waals surface area contributed by atoms with Crippen molar-refractivity contribution in [2.45, 2.75) is 37.5 Å². The lowest BCUT2D eigenvalue weighted by Gasteiger charge is -2.39. The highest BCUT2D eigenvalue weighted by Gasteiger charge is 2.54. The minimum absolute atomic E-state index is 0.0432. The van der Waals surface area contributed by atoms with Crippen LogP contribution in [0.15, 0.2) is 16.8 Å².